The van der Waals surface area contributed by atoms with Crippen LogP contribution < -0.4 is 5.73 Å². The molecule has 0 radical (unpaired) electrons. The Bertz CT molecular complexity index is 714. The van der Waals surface area contributed by atoms with E-state index in [1.807, 2.05) is 36.4 Å². The van der Waals surface area contributed by atoms with Crippen molar-refractivity contribution >= 4 is 24.4 Å². The fourth-order valence-corrected chi connectivity index (χ4v) is 3.07. The molecule has 1 aliphatic carbocycles. The molecule has 0 saturated carbocycles. The van der Waals surface area contributed by atoms with Crippen molar-refractivity contribution in [3.8, 4) is 11.1 Å². The van der Waals surface area contributed by atoms with Crippen LogP contribution in [0.25, 0.3) is 11.1 Å². The molecule has 0 unspecified atom stereocenters. The minimum atomic E-state index is -0.922. The third-order valence-electron chi connectivity index (χ3n) is 4.08. The highest BCUT2D eigenvalue weighted by Gasteiger charge is 2.30. The van der Waals surface area contributed by atoms with Gasteiger partial charge in [0, 0.05) is 11.7 Å². The highest BCUT2D eigenvalue weighted by atomic mass is 32.1. The molecule has 0 heterocycles. The average molecular weight is 327 g/mol. The van der Waals surface area contributed by atoms with Crippen molar-refractivity contribution in [2.45, 2.75) is 12.0 Å². The van der Waals surface area contributed by atoms with Crippen molar-refractivity contribution in [2.24, 2.45) is 5.73 Å². The molecular weight excluding hydrogens is 310 g/mol. The zero-order chi connectivity index (χ0) is 16.4. The normalized spacial score (nSPS) is 14.0. The highest BCUT2D eigenvalue weighted by Crippen LogP contribution is 2.44. The Hall–Kier alpha value is -2.11. The summed E-state index contributed by atoms with van der Waals surface area (Å²) in [6, 6.07) is 15.1. The standard InChI is InChI=1S/C18H17NO3S/c19-16(10-23)17(20)18(21)22-9-15-13-7-3-1-5-11(13)12-6-2-4-8-14(12)15/h1-8,15-16,23H,9-10,19H2/t16-/m0/s1. The van der Waals surface area contributed by atoms with E-state index >= 15 is 0 Å². The minimum Gasteiger partial charge on any atom is -0.459 e. The molecule has 23 heavy (non-hydrogen) atoms. The molecule has 3 rings (SSSR count). The third kappa shape index (κ3) is 2.90. The van der Waals surface area contributed by atoms with Gasteiger partial charge in [0.2, 0.25) is 0 Å². The van der Waals surface area contributed by atoms with Gasteiger partial charge < -0.3 is 10.5 Å². The van der Waals surface area contributed by atoms with Crippen LogP contribution >= 0.6 is 12.6 Å². The van der Waals surface area contributed by atoms with Gasteiger partial charge in [0.05, 0.1) is 6.04 Å². The second-order valence-electron chi connectivity index (χ2n) is 5.48. The van der Waals surface area contributed by atoms with Crippen LogP contribution in [0.5, 0.6) is 0 Å². The molecule has 2 aromatic carbocycles. The number of Topliss-reactive ketones (excluding diaryl/α,β-unsaturated/α-hetero) is 1. The fraction of sp³-hybridized carbons (Fsp3) is 0.222. The van der Waals surface area contributed by atoms with E-state index < -0.39 is 17.8 Å². The van der Waals surface area contributed by atoms with E-state index in [-0.39, 0.29) is 18.3 Å². The first kappa shape index (κ1) is 15.8. The molecule has 0 spiro atoms. The maximum Gasteiger partial charge on any atom is 0.376 e. The number of ketones is 1. The Labute approximate surface area is 140 Å². The van der Waals surface area contributed by atoms with Gasteiger partial charge in [-0.3, -0.25) is 4.79 Å². The maximum absolute atomic E-state index is 11.8. The molecule has 1 aliphatic rings. The predicted molar refractivity (Wildman–Crippen MR) is 91.5 cm³/mol. The summed E-state index contributed by atoms with van der Waals surface area (Å²) in [5.41, 5.74) is 10.0. The van der Waals surface area contributed by atoms with Gasteiger partial charge in [0.1, 0.15) is 6.61 Å². The lowest BCUT2D eigenvalue weighted by Gasteiger charge is -2.14. The van der Waals surface area contributed by atoms with Gasteiger partial charge in [0.15, 0.2) is 0 Å². The van der Waals surface area contributed by atoms with Crippen LogP contribution in [0.2, 0.25) is 0 Å². The molecule has 0 aromatic heterocycles. The van der Waals surface area contributed by atoms with Crippen LogP contribution in [0.3, 0.4) is 0 Å². The summed E-state index contributed by atoms with van der Waals surface area (Å²) in [5, 5.41) is 0. The summed E-state index contributed by atoms with van der Waals surface area (Å²) in [6.07, 6.45) is 0. The average Bonchev–Trinajstić information content (AvgIpc) is 2.92. The van der Waals surface area contributed by atoms with Gasteiger partial charge in [-0.05, 0) is 22.3 Å². The molecule has 0 fully saturated rings. The lowest BCUT2D eigenvalue weighted by Crippen LogP contribution is -2.38. The number of hydrogen-bond acceptors (Lipinski definition) is 5. The molecule has 0 bridgehead atoms. The van der Waals surface area contributed by atoms with Crippen molar-refractivity contribution in [3.63, 3.8) is 0 Å². The van der Waals surface area contributed by atoms with Crippen LogP contribution in [-0.2, 0) is 14.3 Å². The lowest BCUT2D eigenvalue weighted by atomic mass is 9.98. The minimum absolute atomic E-state index is 0.0635. The van der Waals surface area contributed by atoms with Gasteiger partial charge in [-0.2, -0.15) is 12.6 Å². The Morgan fingerprint density at radius 2 is 1.57 bits per heavy atom. The van der Waals surface area contributed by atoms with Crippen LogP contribution in [0.15, 0.2) is 48.5 Å². The van der Waals surface area contributed by atoms with Crippen LogP contribution in [0, 0.1) is 0 Å². The lowest BCUT2D eigenvalue weighted by molar-refractivity contribution is -0.154. The van der Waals surface area contributed by atoms with Crippen molar-refractivity contribution in [2.75, 3.05) is 12.4 Å². The van der Waals surface area contributed by atoms with Crippen LogP contribution in [0.4, 0.5) is 0 Å². The number of nitrogens with two attached hydrogens (primary N) is 1. The molecule has 0 saturated heterocycles. The first-order valence-electron chi connectivity index (χ1n) is 7.39. The summed E-state index contributed by atoms with van der Waals surface area (Å²) in [6.45, 7) is 0.123. The maximum atomic E-state index is 11.8. The number of carbonyl (C=O) groups is 2. The van der Waals surface area contributed by atoms with E-state index in [1.165, 1.54) is 0 Å². The van der Waals surface area contributed by atoms with Crippen molar-refractivity contribution in [1.82, 2.24) is 0 Å². The molecule has 1 atom stereocenters. The first-order valence-corrected chi connectivity index (χ1v) is 8.02. The van der Waals surface area contributed by atoms with E-state index in [0.29, 0.717) is 0 Å². The van der Waals surface area contributed by atoms with E-state index in [2.05, 4.69) is 24.8 Å². The number of carbonyl (C=O) groups excluding carboxylic acids is 2. The van der Waals surface area contributed by atoms with Crippen molar-refractivity contribution in [3.05, 3.63) is 59.7 Å². The predicted octanol–water partition coefficient (Wildman–Crippen LogP) is 2.17. The van der Waals surface area contributed by atoms with Gasteiger partial charge in [-0.25, -0.2) is 4.79 Å². The Morgan fingerprint density at radius 3 is 2.09 bits per heavy atom. The molecule has 2 N–H and O–H groups in total. The zero-order valence-electron chi connectivity index (χ0n) is 12.4. The van der Waals surface area contributed by atoms with Crippen molar-refractivity contribution < 1.29 is 14.3 Å². The molecule has 5 heteroatoms. The Morgan fingerprint density at radius 1 is 1.04 bits per heavy atom. The van der Waals surface area contributed by atoms with E-state index in [1.54, 1.807) is 0 Å². The highest BCUT2D eigenvalue weighted by molar-refractivity contribution is 7.80. The van der Waals surface area contributed by atoms with Crippen LogP contribution in [-0.4, -0.2) is 30.2 Å². The number of hydrogen-bond donors (Lipinski definition) is 2. The second-order valence-corrected chi connectivity index (χ2v) is 5.84. The molecule has 0 amide bonds. The summed E-state index contributed by atoms with van der Waals surface area (Å²) < 4.78 is 5.22. The van der Waals surface area contributed by atoms with Crippen molar-refractivity contribution in [1.29, 1.82) is 0 Å². The van der Waals surface area contributed by atoms with Gasteiger partial charge >= 0.3 is 5.97 Å². The largest absolute Gasteiger partial charge is 0.459 e. The second kappa shape index (κ2) is 6.56. The Balaban J connectivity index is 1.81. The molecule has 0 aliphatic heterocycles. The number of rotatable bonds is 5. The van der Waals surface area contributed by atoms with E-state index in [4.69, 9.17) is 10.5 Å². The fourth-order valence-electron chi connectivity index (χ4n) is 2.90. The molecule has 118 valence electrons. The SMILES string of the molecule is N[C@@H](CS)C(=O)C(=O)OCC1c2ccccc2-c2ccccc21. The van der Waals surface area contributed by atoms with Gasteiger partial charge in [-0.1, -0.05) is 48.5 Å². The summed E-state index contributed by atoms with van der Waals surface area (Å²) in [5.74, 6) is -1.58. The van der Waals surface area contributed by atoms with Gasteiger partial charge in [-0.15, -0.1) is 0 Å². The number of fused-ring (bicyclic) bond motifs is 3. The summed E-state index contributed by atoms with van der Waals surface area (Å²) in [7, 11) is 0. The molecule has 2 aromatic rings. The molecule has 4 nitrogen and oxygen atoms in total. The topological polar surface area (TPSA) is 69.4 Å². The van der Waals surface area contributed by atoms with E-state index in [9.17, 15) is 9.59 Å². The first-order chi connectivity index (χ1) is 11.1. The summed E-state index contributed by atoms with van der Waals surface area (Å²) >= 11 is 3.93. The molecular formula is C18H17NO3S. The zero-order valence-corrected chi connectivity index (χ0v) is 13.3. The number of ether oxygens (including phenoxy) is 1. The van der Waals surface area contributed by atoms with Crippen LogP contribution in [0.1, 0.15) is 17.0 Å². The summed E-state index contributed by atoms with van der Waals surface area (Å²) in [4.78, 5) is 23.6. The number of benzene rings is 2. The third-order valence-corrected chi connectivity index (χ3v) is 4.47. The van der Waals surface area contributed by atoms with E-state index in [0.717, 1.165) is 22.3 Å². The number of esters is 1. The Kier molecular flexibility index (Phi) is 4.50. The smallest absolute Gasteiger partial charge is 0.376 e. The van der Waals surface area contributed by atoms with Gasteiger partial charge in [0.25, 0.3) is 5.78 Å². The number of thiol groups is 1. The quantitative estimate of drug-likeness (QED) is 0.502. The monoisotopic (exact) mass is 327 g/mol.